The van der Waals surface area contributed by atoms with E-state index in [4.69, 9.17) is 9.47 Å². The molecule has 37 heavy (non-hydrogen) atoms. The molecule has 0 bridgehead atoms. The highest BCUT2D eigenvalue weighted by Gasteiger charge is 2.33. The van der Waals surface area contributed by atoms with Crippen molar-refractivity contribution in [3.63, 3.8) is 0 Å². The van der Waals surface area contributed by atoms with Crippen LogP contribution in [0.5, 0.6) is 5.88 Å². The van der Waals surface area contributed by atoms with E-state index in [0.717, 1.165) is 35.6 Å². The van der Waals surface area contributed by atoms with Crippen molar-refractivity contribution >= 4 is 11.4 Å². The molecule has 1 aliphatic rings. The lowest BCUT2D eigenvalue weighted by Crippen LogP contribution is -2.36. The second-order valence-corrected chi connectivity index (χ2v) is 8.86. The Morgan fingerprint density at radius 1 is 1.03 bits per heavy atom. The number of halogens is 3. The number of anilines is 2. The van der Waals surface area contributed by atoms with Gasteiger partial charge in [-0.3, -0.25) is 0 Å². The summed E-state index contributed by atoms with van der Waals surface area (Å²) in [5.41, 5.74) is 4.38. The molecule has 0 atom stereocenters. The van der Waals surface area contributed by atoms with E-state index in [2.05, 4.69) is 25.7 Å². The SMILES string of the molecule is CCOc1nnc(-c2cc(NCc3ccc(CNC)c(C(F)(F)F)c3)ccc2C)cc1N1CCOCC1. The highest BCUT2D eigenvalue weighted by atomic mass is 19.4. The molecule has 198 valence electrons. The quantitative estimate of drug-likeness (QED) is 0.414. The van der Waals surface area contributed by atoms with Crippen LogP contribution in [0.4, 0.5) is 24.5 Å². The van der Waals surface area contributed by atoms with Crippen LogP contribution in [0, 0.1) is 6.92 Å². The van der Waals surface area contributed by atoms with Crippen LogP contribution in [0.25, 0.3) is 11.3 Å². The summed E-state index contributed by atoms with van der Waals surface area (Å²) < 4.78 is 51.9. The molecule has 10 heteroatoms. The minimum Gasteiger partial charge on any atom is -0.475 e. The number of morpholine rings is 1. The van der Waals surface area contributed by atoms with Gasteiger partial charge in [-0.1, -0.05) is 18.2 Å². The molecular weight excluding hydrogens is 483 g/mol. The number of alkyl halides is 3. The number of nitrogens with one attached hydrogen (secondary N) is 2. The van der Waals surface area contributed by atoms with E-state index in [1.807, 2.05) is 38.1 Å². The Kier molecular flexibility index (Phi) is 8.50. The number of hydrogen-bond acceptors (Lipinski definition) is 7. The number of aryl methyl sites for hydroxylation is 1. The maximum absolute atomic E-state index is 13.6. The molecular formula is C27H32F3N5O2. The van der Waals surface area contributed by atoms with E-state index in [1.165, 1.54) is 12.1 Å². The molecule has 0 aliphatic carbocycles. The normalized spacial score (nSPS) is 14.1. The molecule has 1 aliphatic heterocycles. The van der Waals surface area contributed by atoms with Crippen molar-refractivity contribution in [3.05, 3.63) is 64.7 Å². The molecule has 1 aromatic heterocycles. The molecule has 0 saturated carbocycles. The summed E-state index contributed by atoms with van der Waals surface area (Å²) >= 11 is 0. The monoisotopic (exact) mass is 515 g/mol. The summed E-state index contributed by atoms with van der Waals surface area (Å²) in [4.78, 5) is 2.18. The Balaban J connectivity index is 1.58. The zero-order valence-electron chi connectivity index (χ0n) is 21.3. The van der Waals surface area contributed by atoms with Crippen molar-refractivity contribution < 1.29 is 22.6 Å². The van der Waals surface area contributed by atoms with E-state index in [1.54, 1.807) is 13.1 Å². The Morgan fingerprint density at radius 2 is 1.81 bits per heavy atom. The lowest BCUT2D eigenvalue weighted by molar-refractivity contribution is -0.138. The van der Waals surface area contributed by atoms with Gasteiger partial charge in [-0.25, -0.2) is 0 Å². The maximum Gasteiger partial charge on any atom is 0.416 e. The predicted molar refractivity (Wildman–Crippen MR) is 138 cm³/mol. The minimum atomic E-state index is -4.41. The number of ether oxygens (including phenoxy) is 2. The first-order valence-electron chi connectivity index (χ1n) is 12.3. The van der Waals surface area contributed by atoms with Crippen LogP contribution >= 0.6 is 0 Å². The first kappa shape index (κ1) is 26.7. The van der Waals surface area contributed by atoms with E-state index in [9.17, 15) is 13.2 Å². The number of nitrogens with zero attached hydrogens (tertiary/aromatic N) is 3. The van der Waals surface area contributed by atoms with Gasteiger partial charge in [-0.15, -0.1) is 10.2 Å². The smallest absolute Gasteiger partial charge is 0.416 e. The molecule has 0 unspecified atom stereocenters. The van der Waals surface area contributed by atoms with Crippen LogP contribution in [-0.2, 0) is 24.0 Å². The molecule has 0 spiro atoms. The molecule has 3 aromatic rings. The van der Waals surface area contributed by atoms with E-state index >= 15 is 0 Å². The van der Waals surface area contributed by atoms with Gasteiger partial charge in [0.15, 0.2) is 0 Å². The van der Waals surface area contributed by atoms with Gasteiger partial charge in [0, 0.05) is 37.4 Å². The molecule has 1 fully saturated rings. The van der Waals surface area contributed by atoms with Crippen molar-refractivity contribution in [2.24, 2.45) is 0 Å². The van der Waals surface area contributed by atoms with Gasteiger partial charge in [0.05, 0.1) is 31.1 Å². The third-order valence-corrected chi connectivity index (χ3v) is 6.23. The summed E-state index contributed by atoms with van der Waals surface area (Å²) in [5, 5.41) is 14.8. The van der Waals surface area contributed by atoms with E-state index in [-0.39, 0.29) is 18.7 Å². The van der Waals surface area contributed by atoms with Crippen LogP contribution in [0.15, 0.2) is 42.5 Å². The lowest BCUT2D eigenvalue weighted by Gasteiger charge is -2.29. The summed E-state index contributed by atoms with van der Waals surface area (Å²) in [5.74, 6) is 0.488. The second kappa shape index (κ2) is 11.8. The van der Waals surface area contributed by atoms with Gasteiger partial charge in [0.25, 0.3) is 5.88 Å². The van der Waals surface area contributed by atoms with E-state index in [0.29, 0.717) is 37.0 Å². The molecule has 2 heterocycles. The topological polar surface area (TPSA) is 71.5 Å². The first-order valence-corrected chi connectivity index (χ1v) is 12.3. The van der Waals surface area contributed by atoms with Crippen LogP contribution in [0.1, 0.15) is 29.2 Å². The average Bonchev–Trinajstić information content (AvgIpc) is 2.89. The van der Waals surface area contributed by atoms with Gasteiger partial charge >= 0.3 is 6.18 Å². The van der Waals surface area contributed by atoms with Crippen molar-refractivity contribution in [1.29, 1.82) is 0 Å². The fraction of sp³-hybridized carbons (Fsp3) is 0.407. The van der Waals surface area contributed by atoms with Gasteiger partial charge < -0.3 is 25.0 Å². The number of rotatable bonds is 9. The standard InChI is InChI=1S/C27H32F3N5O2/c1-4-37-26-25(35-9-11-36-12-10-35)15-24(33-34-26)22-14-21(8-5-18(22)2)32-16-19-6-7-20(17-31-3)23(13-19)27(28,29)30/h5-8,13-15,31-32H,4,9-12,16-17H2,1-3H3. The predicted octanol–water partition coefficient (Wildman–Crippen LogP) is 5.04. The molecule has 2 N–H and O–H groups in total. The molecule has 4 rings (SSSR count). The number of benzene rings is 2. The highest BCUT2D eigenvalue weighted by Crippen LogP contribution is 2.34. The molecule has 2 aromatic carbocycles. The molecule has 1 saturated heterocycles. The molecule has 0 radical (unpaired) electrons. The van der Waals surface area contributed by atoms with Crippen molar-refractivity contribution in [3.8, 4) is 17.1 Å². The third-order valence-electron chi connectivity index (χ3n) is 6.23. The van der Waals surface area contributed by atoms with Crippen molar-refractivity contribution in [2.45, 2.75) is 33.1 Å². The summed E-state index contributed by atoms with van der Waals surface area (Å²) in [6, 6.07) is 12.2. The first-order chi connectivity index (χ1) is 17.8. The largest absolute Gasteiger partial charge is 0.475 e. The lowest BCUT2D eigenvalue weighted by atomic mass is 10.0. The van der Waals surface area contributed by atoms with Crippen LogP contribution in [-0.4, -0.2) is 50.2 Å². The maximum atomic E-state index is 13.6. The van der Waals surface area contributed by atoms with Crippen LogP contribution in [0.3, 0.4) is 0 Å². The van der Waals surface area contributed by atoms with Crippen LogP contribution < -0.4 is 20.3 Å². The van der Waals surface area contributed by atoms with Crippen LogP contribution in [0.2, 0.25) is 0 Å². The minimum absolute atomic E-state index is 0.152. The highest BCUT2D eigenvalue weighted by molar-refractivity contribution is 5.72. The Morgan fingerprint density at radius 3 is 2.51 bits per heavy atom. The Bertz CT molecular complexity index is 1210. The zero-order valence-corrected chi connectivity index (χ0v) is 21.3. The third kappa shape index (κ3) is 6.50. The Hall–Kier alpha value is -3.37. The second-order valence-electron chi connectivity index (χ2n) is 8.86. The summed E-state index contributed by atoms with van der Waals surface area (Å²) in [7, 11) is 1.63. The summed E-state index contributed by atoms with van der Waals surface area (Å²) in [6.45, 7) is 7.51. The molecule has 0 amide bonds. The van der Waals surface area contributed by atoms with Crippen molar-refractivity contribution in [2.75, 3.05) is 50.2 Å². The fourth-order valence-corrected chi connectivity index (χ4v) is 4.33. The summed E-state index contributed by atoms with van der Waals surface area (Å²) in [6.07, 6.45) is -4.41. The number of hydrogen-bond donors (Lipinski definition) is 2. The van der Waals surface area contributed by atoms with Gasteiger partial charge in [0.2, 0.25) is 0 Å². The van der Waals surface area contributed by atoms with Gasteiger partial charge in [0.1, 0.15) is 5.69 Å². The Labute approximate surface area is 215 Å². The van der Waals surface area contributed by atoms with Gasteiger partial charge in [-0.05, 0) is 61.9 Å². The number of aromatic nitrogens is 2. The van der Waals surface area contributed by atoms with E-state index < -0.39 is 11.7 Å². The van der Waals surface area contributed by atoms with Gasteiger partial charge in [-0.2, -0.15) is 13.2 Å². The fourth-order valence-electron chi connectivity index (χ4n) is 4.33. The zero-order chi connectivity index (χ0) is 26.4. The molecule has 7 nitrogen and oxygen atoms in total. The average molecular weight is 516 g/mol. The van der Waals surface area contributed by atoms with Crippen molar-refractivity contribution in [1.82, 2.24) is 15.5 Å².